The fourth-order valence-corrected chi connectivity index (χ4v) is 6.28. The van der Waals surface area contributed by atoms with E-state index in [1.54, 1.807) is 11.8 Å². The Balaban J connectivity index is 1.97. The minimum Gasteiger partial charge on any atom is -0.467 e. The van der Waals surface area contributed by atoms with Crippen LogP contribution in [0.1, 0.15) is 79.8 Å². The van der Waals surface area contributed by atoms with Gasteiger partial charge in [0.2, 0.25) is 0 Å². The van der Waals surface area contributed by atoms with Crippen LogP contribution in [-0.2, 0) is 16.1 Å². The van der Waals surface area contributed by atoms with E-state index in [2.05, 4.69) is 47.6 Å². The topological polar surface area (TPSA) is 70.7 Å². The highest BCUT2D eigenvalue weighted by Crippen LogP contribution is 2.34. The van der Waals surface area contributed by atoms with Gasteiger partial charge in [-0.3, -0.25) is 4.79 Å². The summed E-state index contributed by atoms with van der Waals surface area (Å²) in [6.45, 7) is 5.08. The summed E-state index contributed by atoms with van der Waals surface area (Å²) in [5.74, 6) is 0.887. The van der Waals surface area contributed by atoms with Crippen LogP contribution in [0.15, 0.2) is 36.4 Å². The molecular formula is C33H49N3O3S. The highest BCUT2D eigenvalue weighted by molar-refractivity contribution is 7.98. The predicted octanol–water partition coefficient (Wildman–Crippen LogP) is 6.59. The Hall–Kier alpha value is -2.51. The van der Waals surface area contributed by atoms with E-state index in [1.165, 1.54) is 45.6 Å². The molecule has 3 rings (SSSR count). The summed E-state index contributed by atoms with van der Waals surface area (Å²) in [6.07, 6.45) is 11.6. The molecule has 0 spiro atoms. The molecule has 2 atom stereocenters. The van der Waals surface area contributed by atoms with Gasteiger partial charge in [-0.1, -0.05) is 63.3 Å². The van der Waals surface area contributed by atoms with Gasteiger partial charge in [0, 0.05) is 37.9 Å². The van der Waals surface area contributed by atoms with Crippen molar-refractivity contribution >= 4 is 29.3 Å². The number of rotatable bonds is 14. The van der Waals surface area contributed by atoms with Crippen molar-refractivity contribution in [3.63, 3.8) is 0 Å². The zero-order valence-corrected chi connectivity index (χ0v) is 26.2. The number of benzene rings is 2. The molecule has 0 aliphatic heterocycles. The first kappa shape index (κ1) is 32.0. The Morgan fingerprint density at radius 1 is 1.10 bits per heavy atom. The number of carbonyl (C=O) groups is 2. The van der Waals surface area contributed by atoms with Gasteiger partial charge in [-0.2, -0.15) is 11.8 Å². The molecule has 7 heteroatoms. The minimum atomic E-state index is -0.691. The van der Waals surface area contributed by atoms with E-state index >= 15 is 0 Å². The number of amides is 1. The largest absolute Gasteiger partial charge is 0.467 e. The van der Waals surface area contributed by atoms with Crippen LogP contribution in [0.3, 0.4) is 0 Å². The van der Waals surface area contributed by atoms with Gasteiger partial charge < -0.3 is 20.3 Å². The second kappa shape index (κ2) is 16.1. The molecule has 1 aliphatic rings. The normalized spacial score (nSPS) is 15.3. The molecule has 0 radical (unpaired) electrons. The number of hydrogen-bond donors (Lipinski definition) is 2. The molecule has 6 nitrogen and oxygen atoms in total. The molecular weight excluding hydrogens is 518 g/mol. The number of methoxy groups -OCH3 is 1. The fourth-order valence-electron chi connectivity index (χ4n) is 5.81. The smallest absolute Gasteiger partial charge is 0.328 e. The van der Waals surface area contributed by atoms with Crippen molar-refractivity contribution in [1.29, 1.82) is 0 Å². The Morgan fingerprint density at radius 2 is 1.82 bits per heavy atom. The van der Waals surface area contributed by atoms with E-state index in [0.717, 1.165) is 52.6 Å². The van der Waals surface area contributed by atoms with Crippen molar-refractivity contribution < 1.29 is 14.3 Å². The number of aryl methyl sites for hydroxylation is 1. The Bertz CT molecular complexity index is 1110. The Morgan fingerprint density at radius 3 is 2.45 bits per heavy atom. The molecule has 0 saturated heterocycles. The third-order valence-electron chi connectivity index (χ3n) is 8.20. The van der Waals surface area contributed by atoms with Crippen LogP contribution >= 0.6 is 11.8 Å². The van der Waals surface area contributed by atoms with Crippen LogP contribution in [-0.4, -0.2) is 57.2 Å². The Kier molecular flexibility index (Phi) is 12.9. The van der Waals surface area contributed by atoms with Crippen molar-refractivity contribution in [2.45, 2.75) is 83.8 Å². The van der Waals surface area contributed by atoms with Crippen molar-refractivity contribution in [3.05, 3.63) is 53.1 Å². The summed E-state index contributed by atoms with van der Waals surface area (Å²) in [5.41, 5.74) is 5.73. The van der Waals surface area contributed by atoms with Crippen molar-refractivity contribution in [2.75, 3.05) is 38.1 Å². The number of esters is 1. The van der Waals surface area contributed by atoms with E-state index in [4.69, 9.17) is 4.74 Å². The first-order valence-corrected chi connectivity index (χ1v) is 16.2. The van der Waals surface area contributed by atoms with E-state index in [1.807, 2.05) is 38.6 Å². The maximum absolute atomic E-state index is 13.8. The quantitative estimate of drug-likeness (QED) is 0.251. The molecule has 0 unspecified atom stereocenters. The van der Waals surface area contributed by atoms with E-state index in [9.17, 15) is 9.59 Å². The molecule has 2 aromatic rings. The monoisotopic (exact) mass is 567 g/mol. The van der Waals surface area contributed by atoms with Crippen LogP contribution in [0.25, 0.3) is 11.1 Å². The number of nitrogens with zero attached hydrogens (tertiary/aromatic N) is 1. The SMILES string of the molecule is CC[C@H](CC1CCCCC1)NCc1cc(-c2ccccc2C)c(C(=O)N[C@@H](CCSC)C(=O)OC)cc1N(C)C. The molecule has 1 amide bonds. The lowest BCUT2D eigenvalue weighted by Gasteiger charge is -2.28. The first-order chi connectivity index (χ1) is 19.3. The van der Waals surface area contributed by atoms with E-state index in [0.29, 0.717) is 18.0 Å². The van der Waals surface area contributed by atoms with Crippen LogP contribution in [0.2, 0.25) is 0 Å². The molecule has 0 bridgehead atoms. The van der Waals surface area contributed by atoms with Crippen LogP contribution in [0.5, 0.6) is 0 Å². The van der Waals surface area contributed by atoms with Crippen molar-refractivity contribution in [3.8, 4) is 11.1 Å². The molecule has 2 N–H and O–H groups in total. The molecule has 1 fully saturated rings. The maximum Gasteiger partial charge on any atom is 0.328 e. The van der Waals surface area contributed by atoms with Gasteiger partial charge >= 0.3 is 5.97 Å². The van der Waals surface area contributed by atoms with Crippen LogP contribution in [0, 0.1) is 12.8 Å². The minimum absolute atomic E-state index is 0.263. The van der Waals surface area contributed by atoms with Crippen LogP contribution in [0.4, 0.5) is 5.69 Å². The number of ether oxygens (including phenoxy) is 1. The van der Waals surface area contributed by atoms with E-state index in [-0.39, 0.29) is 5.91 Å². The average Bonchev–Trinajstić information content (AvgIpc) is 2.97. The standard InChI is InChI=1S/C33H49N3O3S/c1-7-26(19-24-14-9-8-10-15-24)34-22-25-20-28(27-16-12-11-13-23(27)2)29(21-31(25)36(3)4)32(37)35-30(17-18-40-6)33(38)39-5/h11-13,16,20-21,24,26,30,34H,7-10,14-15,17-19,22H2,1-6H3,(H,35,37)/t26-,30+/m1/s1. The van der Waals surface area contributed by atoms with Crippen LogP contribution < -0.4 is 15.5 Å². The number of anilines is 1. The number of thioether (sulfide) groups is 1. The van der Waals surface area contributed by atoms with Crippen molar-refractivity contribution in [1.82, 2.24) is 10.6 Å². The van der Waals surface area contributed by atoms with Gasteiger partial charge in [-0.25, -0.2) is 4.79 Å². The molecule has 1 saturated carbocycles. The number of nitrogens with one attached hydrogen (secondary N) is 2. The molecule has 0 heterocycles. The second-order valence-corrected chi connectivity index (χ2v) is 12.3. The zero-order chi connectivity index (χ0) is 29.1. The highest BCUT2D eigenvalue weighted by Gasteiger charge is 2.25. The lowest BCUT2D eigenvalue weighted by molar-refractivity contribution is -0.142. The first-order valence-electron chi connectivity index (χ1n) is 14.8. The van der Waals surface area contributed by atoms with Gasteiger partial charge in [-0.05, 0) is 78.5 Å². The van der Waals surface area contributed by atoms with Crippen molar-refractivity contribution in [2.24, 2.45) is 5.92 Å². The van der Waals surface area contributed by atoms with Gasteiger partial charge in [0.25, 0.3) is 5.91 Å². The molecule has 2 aromatic carbocycles. The van der Waals surface area contributed by atoms with Gasteiger partial charge in [0.1, 0.15) is 6.04 Å². The van der Waals surface area contributed by atoms with Gasteiger partial charge in [0.15, 0.2) is 0 Å². The lowest BCUT2D eigenvalue weighted by atomic mass is 9.84. The molecule has 0 aromatic heterocycles. The number of carbonyl (C=O) groups excluding carboxylic acids is 2. The van der Waals surface area contributed by atoms with E-state index < -0.39 is 12.0 Å². The lowest BCUT2D eigenvalue weighted by Crippen LogP contribution is -2.42. The maximum atomic E-state index is 13.8. The summed E-state index contributed by atoms with van der Waals surface area (Å²) in [7, 11) is 5.40. The number of hydrogen-bond acceptors (Lipinski definition) is 6. The van der Waals surface area contributed by atoms with Gasteiger partial charge in [0.05, 0.1) is 7.11 Å². The fraction of sp³-hybridized carbons (Fsp3) is 0.576. The third-order valence-corrected chi connectivity index (χ3v) is 8.84. The summed E-state index contributed by atoms with van der Waals surface area (Å²) in [4.78, 5) is 28.4. The Labute approximate surface area is 246 Å². The summed E-state index contributed by atoms with van der Waals surface area (Å²) >= 11 is 1.64. The second-order valence-electron chi connectivity index (χ2n) is 11.3. The zero-order valence-electron chi connectivity index (χ0n) is 25.3. The highest BCUT2D eigenvalue weighted by atomic mass is 32.2. The summed E-state index contributed by atoms with van der Waals surface area (Å²) in [5, 5.41) is 6.84. The molecule has 1 aliphatic carbocycles. The summed E-state index contributed by atoms with van der Waals surface area (Å²) in [6, 6.07) is 12.1. The molecule has 40 heavy (non-hydrogen) atoms. The van der Waals surface area contributed by atoms with Gasteiger partial charge in [-0.15, -0.1) is 0 Å². The molecule has 220 valence electrons. The average molecular weight is 568 g/mol. The third kappa shape index (κ3) is 8.74. The predicted molar refractivity (Wildman–Crippen MR) is 169 cm³/mol. The summed E-state index contributed by atoms with van der Waals surface area (Å²) < 4.78 is 5.00.